The van der Waals surface area contributed by atoms with Crippen LogP contribution in [0.25, 0.3) is 22.5 Å². The fourth-order valence-corrected chi connectivity index (χ4v) is 2.57. The topological polar surface area (TPSA) is 73.0 Å². The van der Waals surface area contributed by atoms with Crippen LogP contribution in [0.1, 0.15) is 26.7 Å². The van der Waals surface area contributed by atoms with Gasteiger partial charge in [0.05, 0.1) is 0 Å². The minimum absolute atomic E-state index is 0.0437. The molecule has 2 heterocycles. The molecule has 0 aliphatic carbocycles. The maximum absolute atomic E-state index is 12.2. The van der Waals surface area contributed by atoms with Gasteiger partial charge in [0.1, 0.15) is 12.2 Å². The molecule has 0 aliphatic rings. The molecule has 23 heavy (non-hydrogen) atoms. The first-order valence-corrected chi connectivity index (χ1v) is 7.79. The van der Waals surface area contributed by atoms with Gasteiger partial charge in [-0.25, -0.2) is 0 Å². The van der Waals surface area contributed by atoms with Crippen molar-refractivity contribution in [3.8, 4) is 11.6 Å². The summed E-state index contributed by atoms with van der Waals surface area (Å²) in [4.78, 5) is 12.2. The summed E-state index contributed by atoms with van der Waals surface area (Å²) >= 11 is 0. The van der Waals surface area contributed by atoms with Crippen molar-refractivity contribution in [2.45, 2.75) is 39.8 Å². The van der Waals surface area contributed by atoms with Crippen LogP contribution >= 0.6 is 0 Å². The zero-order chi connectivity index (χ0) is 16.4. The van der Waals surface area contributed by atoms with Crippen LogP contribution in [0, 0.1) is 0 Å². The average Bonchev–Trinajstić information content (AvgIpc) is 3.11. The predicted octanol–water partition coefficient (Wildman–Crippen LogP) is 2.78. The van der Waals surface area contributed by atoms with Crippen molar-refractivity contribution in [3.63, 3.8) is 0 Å². The van der Waals surface area contributed by atoms with E-state index in [-0.39, 0.29) is 18.5 Å². The third-order valence-electron chi connectivity index (χ3n) is 3.55. The molecule has 1 N–H and O–H groups in total. The number of benzene rings is 1. The van der Waals surface area contributed by atoms with Crippen LogP contribution in [0.2, 0.25) is 0 Å². The predicted molar refractivity (Wildman–Crippen MR) is 87.9 cm³/mol. The monoisotopic (exact) mass is 312 g/mol. The van der Waals surface area contributed by atoms with Crippen LogP contribution in [0.4, 0.5) is 0 Å². The summed E-state index contributed by atoms with van der Waals surface area (Å²) < 4.78 is 7.59. The Morgan fingerprint density at radius 2 is 2.09 bits per heavy atom. The fourth-order valence-electron chi connectivity index (χ4n) is 2.57. The summed E-state index contributed by atoms with van der Waals surface area (Å²) in [7, 11) is 0. The van der Waals surface area contributed by atoms with E-state index in [1.54, 1.807) is 0 Å². The van der Waals surface area contributed by atoms with E-state index in [0.29, 0.717) is 18.2 Å². The largest absolute Gasteiger partial charge is 0.419 e. The zero-order valence-electron chi connectivity index (χ0n) is 13.5. The lowest BCUT2D eigenvalue weighted by Gasteiger charge is -2.11. The van der Waals surface area contributed by atoms with E-state index in [4.69, 9.17) is 4.42 Å². The molecule has 0 atom stereocenters. The highest BCUT2D eigenvalue weighted by Crippen LogP contribution is 2.27. The highest BCUT2D eigenvalue weighted by Gasteiger charge is 2.18. The van der Waals surface area contributed by atoms with Gasteiger partial charge in [-0.2, -0.15) is 0 Å². The first kappa shape index (κ1) is 15.3. The Kier molecular flexibility index (Phi) is 4.14. The van der Waals surface area contributed by atoms with Gasteiger partial charge < -0.3 is 14.3 Å². The van der Waals surface area contributed by atoms with Gasteiger partial charge >= 0.3 is 0 Å². The molecule has 0 saturated heterocycles. The summed E-state index contributed by atoms with van der Waals surface area (Å²) in [6.45, 7) is 6.06. The number of aryl methyl sites for hydroxylation is 1. The maximum Gasteiger partial charge on any atom is 0.264 e. The first-order valence-electron chi connectivity index (χ1n) is 7.79. The molecule has 1 aromatic carbocycles. The van der Waals surface area contributed by atoms with E-state index in [2.05, 4.69) is 15.5 Å². The van der Waals surface area contributed by atoms with Crippen molar-refractivity contribution in [2.24, 2.45) is 0 Å². The molecular formula is C17H20N4O2. The van der Waals surface area contributed by atoms with E-state index in [1.165, 1.54) is 0 Å². The number of aromatic nitrogens is 3. The Morgan fingerprint density at radius 1 is 1.30 bits per heavy atom. The quantitative estimate of drug-likeness (QED) is 0.786. The number of hydrogen-bond acceptors (Lipinski definition) is 4. The summed E-state index contributed by atoms with van der Waals surface area (Å²) in [5.74, 6) is 0.983. The minimum Gasteiger partial charge on any atom is -0.419 e. The number of carbonyl (C=O) groups excluding carboxylic acids is 1. The molecule has 0 spiro atoms. The highest BCUT2D eigenvalue weighted by atomic mass is 16.4. The molecule has 120 valence electrons. The van der Waals surface area contributed by atoms with E-state index in [9.17, 15) is 4.79 Å². The SMILES string of the molecule is CCc1nnc(-c2cc3ccccc3n2CC(=O)NC(C)C)o1. The van der Waals surface area contributed by atoms with Crippen molar-refractivity contribution in [2.75, 3.05) is 0 Å². The molecule has 2 aromatic heterocycles. The van der Waals surface area contributed by atoms with Crippen LogP contribution in [-0.2, 0) is 17.8 Å². The van der Waals surface area contributed by atoms with Gasteiger partial charge in [-0.15, -0.1) is 10.2 Å². The molecule has 0 bridgehead atoms. The molecule has 6 heteroatoms. The second kappa shape index (κ2) is 6.24. The number of amides is 1. The summed E-state index contributed by atoms with van der Waals surface area (Å²) in [5.41, 5.74) is 1.73. The van der Waals surface area contributed by atoms with Crippen LogP contribution in [0.3, 0.4) is 0 Å². The Bertz CT molecular complexity index is 832. The number of hydrogen-bond donors (Lipinski definition) is 1. The van der Waals surface area contributed by atoms with Gasteiger partial charge in [-0.1, -0.05) is 25.1 Å². The van der Waals surface area contributed by atoms with Gasteiger partial charge in [-0.05, 0) is 26.0 Å². The molecule has 3 aromatic rings. The van der Waals surface area contributed by atoms with Gasteiger partial charge in [0.25, 0.3) is 5.89 Å². The Morgan fingerprint density at radius 3 is 2.78 bits per heavy atom. The lowest BCUT2D eigenvalue weighted by molar-refractivity contribution is -0.122. The van der Waals surface area contributed by atoms with Crippen LogP contribution in [-0.4, -0.2) is 26.7 Å². The number of nitrogens with zero attached hydrogens (tertiary/aromatic N) is 3. The number of para-hydroxylation sites is 1. The minimum atomic E-state index is -0.0437. The first-order chi connectivity index (χ1) is 11.1. The highest BCUT2D eigenvalue weighted by molar-refractivity contribution is 5.88. The van der Waals surface area contributed by atoms with Gasteiger partial charge in [0.2, 0.25) is 11.8 Å². The molecule has 3 rings (SSSR count). The molecular weight excluding hydrogens is 292 g/mol. The molecule has 0 fully saturated rings. The van der Waals surface area contributed by atoms with Crippen molar-refractivity contribution < 1.29 is 9.21 Å². The van der Waals surface area contributed by atoms with Gasteiger partial charge in [0, 0.05) is 23.4 Å². The number of nitrogens with one attached hydrogen (secondary N) is 1. The van der Waals surface area contributed by atoms with Crippen molar-refractivity contribution in [1.82, 2.24) is 20.1 Å². The molecule has 0 unspecified atom stereocenters. The number of carbonyl (C=O) groups is 1. The van der Waals surface area contributed by atoms with E-state index >= 15 is 0 Å². The molecule has 0 saturated carbocycles. The second-order valence-corrected chi connectivity index (χ2v) is 5.75. The summed E-state index contributed by atoms with van der Waals surface area (Å²) in [6, 6.07) is 9.99. The van der Waals surface area contributed by atoms with E-state index < -0.39 is 0 Å². The summed E-state index contributed by atoms with van der Waals surface area (Å²) in [6.07, 6.45) is 0.682. The van der Waals surface area contributed by atoms with E-state index in [0.717, 1.165) is 16.6 Å². The molecule has 6 nitrogen and oxygen atoms in total. The fraction of sp³-hybridized carbons (Fsp3) is 0.353. The van der Waals surface area contributed by atoms with Crippen molar-refractivity contribution >= 4 is 16.8 Å². The molecule has 0 aliphatic heterocycles. The Labute approximate surface area is 134 Å². The van der Waals surface area contributed by atoms with Crippen molar-refractivity contribution in [1.29, 1.82) is 0 Å². The zero-order valence-corrected chi connectivity index (χ0v) is 13.5. The standard InChI is InChI=1S/C17H20N4O2/c1-4-16-19-20-17(23-16)14-9-12-7-5-6-8-13(12)21(14)10-15(22)18-11(2)3/h5-9,11H,4,10H2,1-3H3,(H,18,22). The van der Waals surface area contributed by atoms with Crippen LogP contribution in [0.15, 0.2) is 34.7 Å². The smallest absolute Gasteiger partial charge is 0.264 e. The van der Waals surface area contributed by atoms with Crippen LogP contribution < -0.4 is 5.32 Å². The molecule has 1 amide bonds. The number of fused-ring (bicyclic) bond motifs is 1. The van der Waals surface area contributed by atoms with Crippen molar-refractivity contribution in [3.05, 3.63) is 36.2 Å². The Balaban J connectivity index is 2.05. The van der Waals surface area contributed by atoms with Crippen LogP contribution in [0.5, 0.6) is 0 Å². The number of rotatable bonds is 5. The maximum atomic E-state index is 12.2. The Hall–Kier alpha value is -2.63. The average molecular weight is 312 g/mol. The summed E-state index contributed by atoms with van der Waals surface area (Å²) in [5, 5.41) is 12.1. The van der Waals surface area contributed by atoms with Gasteiger partial charge in [-0.3, -0.25) is 4.79 Å². The second-order valence-electron chi connectivity index (χ2n) is 5.75. The normalized spacial score (nSPS) is 11.3. The lowest BCUT2D eigenvalue weighted by Crippen LogP contribution is -2.33. The van der Waals surface area contributed by atoms with E-state index in [1.807, 2.05) is 55.7 Å². The molecule has 0 radical (unpaired) electrons. The van der Waals surface area contributed by atoms with Gasteiger partial charge in [0.15, 0.2) is 0 Å². The third kappa shape index (κ3) is 3.11. The third-order valence-corrected chi connectivity index (χ3v) is 3.55. The lowest BCUT2D eigenvalue weighted by atomic mass is 10.2.